The molecule has 92 valence electrons. The standard InChI is InChI=1S/C11H8ClN3O3/c1-7-10(6-16)11(12)14(13-7)8-3-2-4-9(5-8)15(17)18/h2-6H,1H3. The van der Waals surface area contributed by atoms with E-state index in [4.69, 9.17) is 11.6 Å². The number of carbonyl (C=O) groups is 1. The predicted molar refractivity (Wildman–Crippen MR) is 65.4 cm³/mol. The highest BCUT2D eigenvalue weighted by Gasteiger charge is 2.15. The molecule has 0 radical (unpaired) electrons. The van der Waals surface area contributed by atoms with E-state index >= 15 is 0 Å². The molecule has 7 heteroatoms. The first-order valence-corrected chi connectivity index (χ1v) is 5.37. The molecular formula is C11H8ClN3O3. The van der Waals surface area contributed by atoms with Crippen LogP contribution < -0.4 is 0 Å². The van der Waals surface area contributed by atoms with Gasteiger partial charge in [0.05, 0.1) is 21.9 Å². The molecule has 1 aromatic carbocycles. The molecule has 2 rings (SSSR count). The van der Waals surface area contributed by atoms with Crippen molar-refractivity contribution in [3.8, 4) is 5.69 Å². The van der Waals surface area contributed by atoms with Gasteiger partial charge in [0.15, 0.2) is 6.29 Å². The van der Waals surface area contributed by atoms with Gasteiger partial charge in [-0.05, 0) is 13.0 Å². The van der Waals surface area contributed by atoms with Crippen molar-refractivity contribution in [2.75, 3.05) is 0 Å². The molecular weight excluding hydrogens is 258 g/mol. The van der Waals surface area contributed by atoms with E-state index in [1.807, 2.05) is 0 Å². The summed E-state index contributed by atoms with van der Waals surface area (Å²) < 4.78 is 1.30. The van der Waals surface area contributed by atoms with Crippen molar-refractivity contribution in [2.24, 2.45) is 0 Å². The van der Waals surface area contributed by atoms with Gasteiger partial charge in [-0.15, -0.1) is 0 Å². The normalized spacial score (nSPS) is 10.3. The molecule has 0 saturated heterocycles. The number of rotatable bonds is 3. The summed E-state index contributed by atoms with van der Waals surface area (Å²) in [6.07, 6.45) is 0.610. The molecule has 18 heavy (non-hydrogen) atoms. The Bertz CT molecular complexity index is 636. The maximum Gasteiger partial charge on any atom is 0.271 e. The van der Waals surface area contributed by atoms with Gasteiger partial charge >= 0.3 is 0 Å². The molecule has 2 aromatic rings. The lowest BCUT2D eigenvalue weighted by Crippen LogP contribution is -1.98. The average molecular weight is 266 g/mol. The van der Waals surface area contributed by atoms with Gasteiger partial charge in [0.25, 0.3) is 5.69 Å². The Balaban J connectivity index is 2.59. The van der Waals surface area contributed by atoms with Crippen LogP contribution in [0.5, 0.6) is 0 Å². The quantitative estimate of drug-likeness (QED) is 0.485. The summed E-state index contributed by atoms with van der Waals surface area (Å²) in [6, 6.07) is 5.86. The summed E-state index contributed by atoms with van der Waals surface area (Å²) in [5.41, 5.74) is 1.12. The molecule has 0 atom stereocenters. The lowest BCUT2D eigenvalue weighted by molar-refractivity contribution is -0.384. The molecule has 0 aliphatic heterocycles. The zero-order chi connectivity index (χ0) is 13.3. The smallest absolute Gasteiger partial charge is 0.271 e. The molecule has 0 aliphatic rings. The number of nitro groups is 1. The Labute approximate surface area is 107 Å². The Hall–Kier alpha value is -2.21. The highest BCUT2D eigenvalue weighted by Crippen LogP contribution is 2.24. The van der Waals surface area contributed by atoms with Crippen molar-refractivity contribution >= 4 is 23.6 Å². The summed E-state index contributed by atoms with van der Waals surface area (Å²) in [7, 11) is 0. The minimum absolute atomic E-state index is 0.0654. The first-order valence-electron chi connectivity index (χ1n) is 4.99. The summed E-state index contributed by atoms with van der Waals surface area (Å²) in [5, 5.41) is 14.9. The lowest BCUT2D eigenvalue weighted by atomic mass is 10.3. The van der Waals surface area contributed by atoms with Crippen LogP contribution >= 0.6 is 11.6 Å². The molecule has 0 spiro atoms. The third-order valence-corrected chi connectivity index (χ3v) is 2.81. The molecule has 0 amide bonds. The van der Waals surface area contributed by atoms with Crippen LogP contribution in [0.2, 0.25) is 5.15 Å². The highest BCUT2D eigenvalue weighted by molar-refractivity contribution is 6.32. The van der Waals surface area contributed by atoms with Gasteiger partial charge in [-0.1, -0.05) is 17.7 Å². The maximum atomic E-state index is 10.8. The van der Waals surface area contributed by atoms with E-state index in [0.29, 0.717) is 17.7 Å². The molecule has 0 aliphatic carbocycles. The zero-order valence-corrected chi connectivity index (χ0v) is 10.1. The van der Waals surface area contributed by atoms with Crippen LogP contribution in [0.15, 0.2) is 24.3 Å². The average Bonchev–Trinajstić information content (AvgIpc) is 2.64. The van der Waals surface area contributed by atoms with Crippen molar-refractivity contribution in [1.82, 2.24) is 9.78 Å². The van der Waals surface area contributed by atoms with Crippen molar-refractivity contribution in [1.29, 1.82) is 0 Å². The fraction of sp³-hybridized carbons (Fsp3) is 0.0909. The van der Waals surface area contributed by atoms with Gasteiger partial charge in [-0.2, -0.15) is 5.10 Å². The number of benzene rings is 1. The number of aryl methyl sites for hydroxylation is 1. The van der Waals surface area contributed by atoms with Crippen LogP contribution in [0.4, 0.5) is 5.69 Å². The van der Waals surface area contributed by atoms with Crippen LogP contribution in [0.25, 0.3) is 5.69 Å². The number of nitrogens with zero attached hydrogens (tertiary/aromatic N) is 3. The van der Waals surface area contributed by atoms with Crippen LogP contribution in [0.3, 0.4) is 0 Å². The second-order valence-corrected chi connectivity index (χ2v) is 3.95. The van der Waals surface area contributed by atoms with E-state index in [1.165, 1.54) is 22.9 Å². The van der Waals surface area contributed by atoms with Crippen LogP contribution in [-0.2, 0) is 0 Å². The van der Waals surface area contributed by atoms with Crippen LogP contribution in [-0.4, -0.2) is 21.0 Å². The third-order valence-electron chi connectivity index (χ3n) is 2.45. The maximum absolute atomic E-state index is 10.8. The van der Waals surface area contributed by atoms with Crippen molar-refractivity contribution in [3.63, 3.8) is 0 Å². The number of aromatic nitrogens is 2. The topological polar surface area (TPSA) is 78.0 Å². The predicted octanol–water partition coefficient (Wildman–Crippen LogP) is 2.55. The Morgan fingerprint density at radius 2 is 2.22 bits per heavy atom. The molecule has 1 heterocycles. The largest absolute Gasteiger partial charge is 0.298 e. The fourth-order valence-electron chi connectivity index (χ4n) is 1.55. The van der Waals surface area contributed by atoms with E-state index in [0.717, 1.165) is 0 Å². The number of halogens is 1. The number of nitro benzene ring substituents is 1. The zero-order valence-electron chi connectivity index (χ0n) is 9.33. The van der Waals surface area contributed by atoms with E-state index in [1.54, 1.807) is 13.0 Å². The van der Waals surface area contributed by atoms with Gasteiger partial charge < -0.3 is 0 Å². The Morgan fingerprint density at radius 1 is 1.50 bits per heavy atom. The molecule has 0 saturated carbocycles. The number of hydrogen-bond acceptors (Lipinski definition) is 4. The van der Waals surface area contributed by atoms with Gasteiger partial charge in [0, 0.05) is 12.1 Å². The molecule has 1 aromatic heterocycles. The molecule has 6 nitrogen and oxygen atoms in total. The Kier molecular flexibility index (Phi) is 3.12. The number of hydrogen-bond donors (Lipinski definition) is 0. The number of non-ortho nitro benzene ring substituents is 1. The van der Waals surface area contributed by atoms with E-state index < -0.39 is 4.92 Å². The highest BCUT2D eigenvalue weighted by atomic mass is 35.5. The second kappa shape index (κ2) is 4.58. The molecule has 0 bridgehead atoms. The van der Waals surface area contributed by atoms with Gasteiger partial charge in [-0.25, -0.2) is 4.68 Å². The summed E-state index contributed by atoms with van der Waals surface area (Å²) in [6.45, 7) is 1.64. The fourth-order valence-corrected chi connectivity index (χ4v) is 1.87. The van der Waals surface area contributed by atoms with Crippen LogP contribution in [0.1, 0.15) is 16.1 Å². The lowest BCUT2D eigenvalue weighted by Gasteiger charge is -2.02. The summed E-state index contributed by atoms with van der Waals surface area (Å²) in [4.78, 5) is 21.0. The van der Waals surface area contributed by atoms with Crippen LogP contribution in [0, 0.1) is 17.0 Å². The SMILES string of the molecule is Cc1nn(-c2cccc([N+](=O)[O-])c2)c(Cl)c1C=O. The monoisotopic (exact) mass is 265 g/mol. The molecule has 0 fully saturated rings. The first kappa shape index (κ1) is 12.3. The van der Waals surface area contributed by atoms with Crippen molar-refractivity contribution in [2.45, 2.75) is 6.92 Å². The summed E-state index contributed by atoms with van der Waals surface area (Å²) in [5.74, 6) is 0. The van der Waals surface area contributed by atoms with Gasteiger partial charge in [-0.3, -0.25) is 14.9 Å². The molecule has 0 N–H and O–H groups in total. The van der Waals surface area contributed by atoms with E-state index in [9.17, 15) is 14.9 Å². The minimum atomic E-state index is -0.506. The van der Waals surface area contributed by atoms with Gasteiger partial charge in [0.1, 0.15) is 5.15 Å². The number of aldehydes is 1. The summed E-state index contributed by atoms with van der Waals surface area (Å²) >= 11 is 6.00. The second-order valence-electron chi connectivity index (χ2n) is 3.60. The van der Waals surface area contributed by atoms with Crippen molar-refractivity contribution < 1.29 is 9.72 Å². The van der Waals surface area contributed by atoms with E-state index in [-0.39, 0.29) is 16.4 Å². The molecule has 0 unspecified atom stereocenters. The number of carbonyl (C=O) groups excluding carboxylic acids is 1. The minimum Gasteiger partial charge on any atom is -0.298 e. The van der Waals surface area contributed by atoms with E-state index in [2.05, 4.69) is 5.10 Å². The van der Waals surface area contributed by atoms with Crippen molar-refractivity contribution in [3.05, 3.63) is 50.8 Å². The Morgan fingerprint density at radius 3 is 2.78 bits per heavy atom. The first-order chi connectivity index (χ1) is 8.54. The third kappa shape index (κ3) is 1.98. The van der Waals surface area contributed by atoms with Gasteiger partial charge in [0.2, 0.25) is 0 Å².